The molecular weight excluding hydrogens is 152 g/mol. The highest BCUT2D eigenvalue weighted by atomic mass is 16.3. The summed E-state index contributed by atoms with van der Waals surface area (Å²) >= 11 is 0. The highest BCUT2D eigenvalue weighted by molar-refractivity contribution is 5.88. The topological polar surface area (TPSA) is 37.3 Å². The van der Waals surface area contributed by atoms with Crippen LogP contribution < -0.4 is 0 Å². The summed E-state index contributed by atoms with van der Waals surface area (Å²) in [6.07, 6.45) is 6.65. The van der Waals surface area contributed by atoms with Gasteiger partial charge < -0.3 is 5.11 Å². The van der Waals surface area contributed by atoms with E-state index in [2.05, 4.69) is 0 Å². The molecule has 0 aromatic carbocycles. The van der Waals surface area contributed by atoms with Gasteiger partial charge in [0, 0.05) is 6.42 Å². The van der Waals surface area contributed by atoms with Crippen LogP contribution in [0.2, 0.25) is 0 Å². The molecule has 2 heteroatoms. The lowest BCUT2D eigenvalue weighted by molar-refractivity contribution is -0.152. The number of rotatable bonds is 0. The first-order chi connectivity index (χ1) is 5.73. The van der Waals surface area contributed by atoms with Crippen LogP contribution in [-0.4, -0.2) is 16.5 Å². The molecule has 0 amide bonds. The minimum atomic E-state index is -0.906. The van der Waals surface area contributed by atoms with Crippen LogP contribution >= 0.6 is 0 Å². The predicted molar refractivity (Wildman–Crippen MR) is 45.8 cm³/mol. The zero-order chi connectivity index (χ0) is 8.60. The molecule has 0 radical (unpaired) electrons. The average molecular weight is 168 g/mol. The van der Waals surface area contributed by atoms with Crippen molar-refractivity contribution in [2.45, 2.75) is 50.5 Å². The highest BCUT2D eigenvalue weighted by Crippen LogP contribution is 2.41. The van der Waals surface area contributed by atoms with Gasteiger partial charge in [0.15, 0.2) is 5.78 Å². The van der Waals surface area contributed by atoms with E-state index < -0.39 is 5.60 Å². The molecule has 2 fully saturated rings. The molecule has 12 heavy (non-hydrogen) atoms. The Morgan fingerprint density at radius 2 is 2.00 bits per heavy atom. The van der Waals surface area contributed by atoms with Crippen molar-refractivity contribution in [2.24, 2.45) is 5.92 Å². The first-order valence-electron chi connectivity index (χ1n) is 4.99. The van der Waals surface area contributed by atoms with Gasteiger partial charge in [-0.15, -0.1) is 0 Å². The summed E-state index contributed by atoms with van der Waals surface area (Å²) < 4.78 is 0. The molecule has 0 heterocycles. The van der Waals surface area contributed by atoms with Gasteiger partial charge in [-0.2, -0.15) is 0 Å². The van der Waals surface area contributed by atoms with E-state index in [1.807, 2.05) is 0 Å². The maximum Gasteiger partial charge on any atom is 0.164 e. The SMILES string of the molecule is O=C1CCC[C@@H]2CCCC[C@]12O. The molecule has 2 rings (SSSR count). The van der Waals surface area contributed by atoms with E-state index in [0.717, 1.165) is 32.1 Å². The van der Waals surface area contributed by atoms with Crippen molar-refractivity contribution in [3.05, 3.63) is 0 Å². The normalized spacial score (nSPS) is 42.4. The zero-order valence-corrected chi connectivity index (χ0v) is 7.38. The zero-order valence-electron chi connectivity index (χ0n) is 7.38. The summed E-state index contributed by atoms with van der Waals surface area (Å²) in [4.78, 5) is 11.5. The first kappa shape index (κ1) is 8.24. The third kappa shape index (κ3) is 1.09. The van der Waals surface area contributed by atoms with E-state index in [1.54, 1.807) is 0 Å². The van der Waals surface area contributed by atoms with Crippen molar-refractivity contribution in [1.29, 1.82) is 0 Å². The molecule has 2 aliphatic rings. The molecule has 0 spiro atoms. The molecule has 0 bridgehead atoms. The van der Waals surface area contributed by atoms with Crippen LogP contribution in [0.1, 0.15) is 44.9 Å². The van der Waals surface area contributed by atoms with Gasteiger partial charge in [-0.05, 0) is 31.6 Å². The van der Waals surface area contributed by atoms with Crippen LogP contribution in [0.3, 0.4) is 0 Å². The third-order valence-electron chi connectivity index (χ3n) is 3.48. The number of carbonyl (C=O) groups excluding carboxylic acids is 1. The average Bonchev–Trinajstić information content (AvgIpc) is 2.07. The number of hydrogen-bond acceptors (Lipinski definition) is 2. The Labute approximate surface area is 73.0 Å². The third-order valence-corrected chi connectivity index (χ3v) is 3.48. The molecule has 1 N–H and O–H groups in total. The quantitative estimate of drug-likeness (QED) is 0.597. The van der Waals surface area contributed by atoms with Gasteiger partial charge in [0.25, 0.3) is 0 Å². The molecule has 0 saturated heterocycles. The molecule has 68 valence electrons. The summed E-state index contributed by atoms with van der Waals surface area (Å²) in [5.41, 5.74) is -0.906. The Bertz CT molecular complexity index is 198. The molecule has 2 saturated carbocycles. The molecule has 2 nitrogen and oxygen atoms in total. The van der Waals surface area contributed by atoms with Gasteiger partial charge in [-0.1, -0.05) is 12.8 Å². The summed E-state index contributed by atoms with van der Waals surface area (Å²) in [6, 6.07) is 0. The minimum absolute atomic E-state index is 0.110. The second kappa shape index (κ2) is 2.84. The molecular formula is C10H16O2. The fraction of sp³-hybridized carbons (Fsp3) is 0.900. The van der Waals surface area contributed by atoms with Crippen LogP contribution in [0.25, 0.3) is 0 Å². The lowest BCUT2D eigenvalue weighted by Crippen LogP contribution is -2.50. The standard InChI is InChI=1S/C10H16O2/c11-9-6-3-5-8-4-1-2-7-10(8,9)12/h8,12H,1-7H2/t8-,10+/m0/s1. The monoisotopic (exact) mass is 168 g/mol. The lowest BCUT2D eigenvalue weighted by atomic mass is 9.67. The fourth-order valence-electron chi connectivity index (χ4n) is 2.70. The maximum absolute atomic E-state index is 11.5. The summed E-state index contributed by atoms with van der Waals surface area (Å²) in [5.74, 6) is 0.394. The van der Waals surface area contributed by atoms with Crippen LogP contribution in [0, 0.1) is 5.92 Å². The fourth-order valence-corrected chi connectivity index (χ4v) is 2.70. The molecule has 0 aromatic rings. The molecule has 0 aromatic heterocycles. The van der Waals surface area contributed by atoms with Gasteiger partial charge in [-0.25, -0.2) is 0 Å². The molecule has 0 aliphatic heterocycles. The number of hydrogen-bond donors (Lipinski definition) is 1. The maximum atomic E-state index is 11.5. The van der Waals surface area contributed by atoms with E-state index in [4.69, 9.17) is 0 Å². The van der Waals surface area contributed by atoms with Gasteiger partial charge in [-0.3, -0.25) is 4.79 Å². The van der Waals surface area contributed by atoms with Gasteiger partial charge in [0.05, 0.1) is 0 Å². The largest absolute Gasteiger partial charge is 0.382 e. The number of carbonyl (C=O) groups is 1. The van der Waals surface area contributed by atoms with Crippen molar-refractivity contribution in [3.8, 4) is 0 Å². The van der Waals surface area contributed by atoms with E-state index in [9.17, 15) is 9.90 Å². The number of ketones is 1. The summed E-state index contributed by atoms with van der Waals surface area (Å²) in [5, 5.41) is 10.1. The Kier molecular flexibility index (Phi) is 1.95. The van der Waals surface area contributed by atoms with Gasteiger partial charge >= 0.3 is 0 Å². The van der Waals surface area contributed by atoms with Crippen LogP contribution in [0.4, 0.5) is 0 Å². The second-order valence-electron chi connectivity index (χ2n) is 4.18. The smallest absolute Gasteiger partial charge is 0.164 e. The summed E-state index contributed by atoms with van der Waals surface area (Å²) in [7, 11) is 0. The first-order valence-corrected chi connectivity index (χ1v) is 4.99. The minimum Gasteiger partial charge on any atom is -0.382 e. The Hall–Kier alpha value is -0.370. The second-order valence-corrected chi connectivity index (χ2v) is 4.18. The van der Waals surface area contributed by atoms with Crippen LogP contribution in [0.15, 0.2) is 0 Å². The lowest BCUT2D eigenvalue weighted by Gasteiger charge is -2.41. The van der Waals surface area contributed by atoms with Crippen molar-refractivity contribution < 1.29 is 9.90 Å². The van der Waals surface area contributed by atoms with E-state index in [1.165, 1.54) is 6.42 Å². The summed E-state index contributed by atoms with van der Waals surface area (Å²) in [6.45, 7) is 0. The number of Topliss-reactive ketones (excluding diaryl/α,β-unsaturated/α-hetero) is 1. The van der Waals surface area contributed by atoms with Gasteiger partial charge in [0.2, 0.25) is 0 Å². The molecule has 2 aliphatic carbocycles. The van der Waals surface area contributed by atoms with E-state index in [0.29, 0.717) is 6.42 Å². The Morgan fingerprint density at radius 3 is 2.75 bits per heavy atom. The predicted octanol–water partition coefficient (Wildman–Crippen LogP) is 1.66. The van der Waals surface area contributed by atoms with Crippen molar-refractivity contribution in [3.63, 3.8) is 0 Å². The molecule has 0 unspecified atom stereocenters. The number of aliphatic hydroxyl groups is 1. The van der Waals surface area contributed by atoms with E-state index >= 15 is 0 Å². The van der Waals surface area contributed by atoms with Crippen LogP contribution in [0.5, 0.6) is 0 Å². The Morgan fingerprint density at radius 1 is 1.25 bits per heavy atom. The Balaban J connectivity index is 2.20. The molecule has 2 atom stereocenters. The van der Waals surface area contributed by atoms with Crippen molar-refractivity contribution in [2.75, 3.05) is 0 Å². The van der Waals surface area contributed by atoms with Gasteiger partial charge in [0.1, 0.15) is 5.60 Å². The van der Waals surface area contributed by atoms with E-state index in [-0.39, 0.29) is 11.7 Å². The van der Waals surface area contributed by atoms with Crippen molar-refractivity contribution in [1.82, 2.24) is 0 Å². The highest BCUT2D eigenvalue weighted by Gasteiger charge is 2.46. The van der Waals surface area contributed by atoms with Crippen LogP contribution in [-0.2, 0) is 4.79 Å². The van der Waals surface area contributed by atoms with Crippen molar-refractivity contribution >= 4 is 5.78 Å². The number of fused-ring (bicyclic) bond motifs is 1.